The van der Waals surface area contributed by atoms with Crippen molar-refractivity contribution in [2.24, 2.45) is 0 Å². The molecule has 0 aliphatic rings. The van der Waals surface area contributed by atoms with Crippen LogP contribution >= 0.6 is 50.7 Å². The molecule has 43 heteroatoms. The lowest BCUT2D eigenvalue weighted by Gasteiger charge is -2.15. The molecule has 0 radical (unpaired) electrons. The van der Waals surface area contributed by atoms with Gasteiger partial charge in [0.1, 0.15) is 51.2 Å². The first-order valence-electron chi connectivity index (χ1n) is 26.4. The smallest absolute Gasteiger partial charge is 0.399 e. The van der Waals surface area contributed by atoms with Crippen molar-refractivity contribution in [3.8, 4) is 22.7 Å². The second-order valence-electron chi connectivity index (χ2n) is 19.5. The molecular weight excluding hydrogens is 1530 g/mol. The number of carbonyl (C=O) groups excluding carboxylic acids is 1. The Morgan fingerprint density at radius 2 is 0.790 bits per heavy atom. The summed E-state index contributed by atoms with van der Waals surface area (Å²) in [7, 11) is 0. The van der Waals surface area contributed by atoms with Crippen molar-refractivity contribution < 1.29 is 103 Å². The maximum absolute atomic E-state index is 13.5. The van der Waals surface area contributed by atoms with Crippen LogP contribution in [0.15, 0.2) is 170 Å². The van der Waals surface area contributed by atoms with Crippen molar-refractivity contribution in [2.75, 3.05) is 11.1 Å². The second-order valence-corrected chi connectivity index (χ2v) is 21.5. The van der Waals surface area contributed by atoms with Crippen LogP contribution in [0.2, 0.25) is 15.5 Å². The number of rotatable bonds is 11. The minimum Gasteiger partial charge on any atom is -0.399 e. The number of alkyl halides is 18. The Balaban J connectivity index is 0.000000203. The summed E-state index contributed by atoms with van der Waals surface area (Å²) in [4.78, 5) is 55.2. The van der Waals surface area contributed by atoms with Crippen LogP contribution in [-0.4, -0.2) is 58.9 Å². The van der Waals surface area contributed by atoms with Gasteiger partial charge in [-0.3, -0.25) is 35.1 Å². The third-order valence-electron chi connectivity index (χ3n) is 12.6. The van der Waals surface area contributed by atoms with Crippen molar-refractivity contribution in [1.82, 2.24) is 38.2 Å². The number of aromatic nitrogens is 8. The Hall–Kier alpha value is -10.4. The van der Waals surface area contributed by atoms with Gasteiger partial charge in [-0.25, -0.2) is 24.3 Å². The van der Waals surface area contributed by atoms with Gasteiger partial charge in [-0.05, 0) is 94.6 Å². The normalized spacial score (nSPS) is 11.8. The topological polar surface area (TPSA) is 256 Å². The largest absolute Gasteiger partial charge is 0.419 e. The Morgan fingerprint density at radius 1 is 0.450 bits per heavy atom. The number of aryl methyl sites for hydroxylation is 1. The molecule has 0 aliphatic heterocycles. The Labute approximate surface area is 568 Å². The highest BCUT2D eigenvalue weighted by molar-refractivity contribution is 9.10. The third-order valence-corrected chi connectivity index (χ3v) is 13.6. The number of nitrogens with one attached hydrogen (secondary N) is 1. The zero-order valence-corrected chi connectivity index (χ0v) is 52.4. The highest BCUT2D eigenvalue weighted by Gasteiger charge is 2.40. The molecule has 10 rings (SSSR count). The zero-order chi connectivity index (χ0) is 74.8. The molecule has 3 N–H and O–H groups in total. The fourth-order valence-electron chi connectivity index (χ4n) is 8.16. The van der Waals surface area contributed by atoms with Crippen molar-refractivity contribution in [3.63, 3.8) is 0 Å². The van der Waals surface area contributed by atoms with E-state index in [-0.39, 0.29) is 68.5 Å². The van der Waals surface area contributed by atoms with Gasteiger partial charge >= 0.3 is 37.1 Å². The first-order chi connectivity index (χ1) is 46.2. The Bertz CT molecular complexity index is 4460. The molecule has 0 fully saturated rings. The number of benzene rings is 6. The SMILES string of the molecule is Nc1ccc(-n2cnc(Cl)c2)c(C(F)(F)F)c1.O=C(CCc1ccc(C(F)(F)F)cc1)Nc1ccc(-n2cnc(Cl)c2)c(C(F)(F)F)c1.O=[N+]([O-])c1ccc(-n2cnc(Br)c2)c(C(F)(F)F)c1.O=[N+]([O-])c1ccc(-n2cnc(Cl)c2)c(C(F)(F)F)c1.O=[N+]([O-])c1ccc(F)c(C(F)(F)F)c1. The van der Waals surface area contributed by atoms with E-state index >= 15 is 0 Å². The zero-order valence-electron chi connectivity index (χ0n) is 48.6. The predicted octanol–water partition coefficient (Wildman–Crippen LogP) is 19.0. The Kier molecular flexibility index (Phi) is 24.9. The molecule has 6 aromatic carbocycles. The van der Waals surface area contributed by atoms with Gasteiger partial charge in [-0.1, -0.05) is 46.9 Å². The minimum atomic E-state index is -4.92. The standard InChI is InChI=1S/C20H14ClF6N3O.C10H5BrF3N3O2.C10H5ClF3N3O2.C10H7ClF3N3.C7H3F4NO2/c21-17-10-30(11-28-17)16-7-6-14(9-15(16)20(25,26)27)29-18(31)8-3-12-1-4-13(5-2-12)19(22,23)24;2*11-9-4-16(5-15-9)8-2-1-6(17(18)19)3-7(8)10(12,13)14;11-9-4-17(5-16-9)8-2-1-6(15)3-7(8)10(12,13)14;8-6-2-1-4(12(13)14)3-5(6)7(9,10)11/h1-2,4-7,9-11H,3,8H2,(H,29,31);2*1-5H;1-5H,15H2;1-3H. The van der Waals surface area contributed by atoms with Crippen molar-refractivity contribution in [1.29, 1.82) is 0 Å². The summed E-state index contributed by atoms with van der Waals surface area (Å²) in [5.41, 5.74) is -3.48. The van der Waals surface area contributed by atoms with Crippen LogP contribution in [0.4, 0.5) is 112 Å². The van der Waals surface area contributed by atoms with Crippen LogP contribution in [-0.2, 0) is 48.3 Å². The fraction of sp³-hybridized carbons (Fsp3) is 0.140. The molecule has 0 spiro atoms. The molecule has 0 unspecified atom stereocenters. The van der Waals surface area contributed by atoms with Gasteiger partial charge in [0.15, 0.2) is 0 Å². The predicted molar refractivity (Wildman–Crippen MR) is 321 cm³/mol. The number of nitrogens with zero attached hydrogens (tertiary/aromatic N) is 11. The quantitative estimate of drug-likeness (QED) is 0.0530. The number of anilines is 2. The van der Waals surface area contributed by atoms with E-state index in [1.807, 2.05) is 0 Å². The number of amides is 1. The molecule has 4 heterocycles. The summed E-state index contributed by atoms with van der Waals surface area (Å²) in [6, 6.07) is 17.4. The second kappa shape index (κ2) is 31.7. The number of nitro benzene ring substituents is 3. The van der Waals surface area contributed by atoms with E-state index in [0.29, 0.717) is 34.4 Å². The van der Waals surface area contributed by atoms with E-state index in [1.54, 1.807) is 0 Å². The van der Waals surface area contributed by atoms with Crippen molar-refractivity contribution in [3.05, 3.63) is 261 Å². The number of nitrogen functional groups attached to an aromatic ring is 1. The number of imidazole rings is 4. The molecule has 0 bridgehead atoms. The van der Waals surface area contributed by atoms with Gasteiger partial charge in [-0.2, -0.15) is 79.0 Å². The van der Waals surface area contributed by atoms with Crippen LogP contribution in [0, 0.1) is 36.2 Å². The lowest BCUT2D eigenvalue weighted by molar-refractivity contribution is -0.385. The van der Waals surface area contributed by atoms with Gasteiger partial charge in [0.05, 0.1) is 70.9 Å². The molecule has 0 aliphatic carbocycles. The molecular formula is C57H34BrCl3F19N13O7. The fourth-order valence-corrected chi connectivity index (χ4v) is 8.92. The van der Waals surface area contributed by atoms with Gasteiger partial charge in [-0.15, -0.1) is 0 Å². The van der Waals surface area contributed by atoms with E-state index in [0.717, 1.165) is 74.9 Å². The number of nitrogens with two attached hydrogens (primary N) is 1. The molecule has 10 aromatic rings. The van der Waals surface area contributed by atoms with E-state index in [4.69, 9.17) is 40.5 Å². The van der Waals surface area contributed by atoms with Gasteiger partial charge in [0.2, 0.25) is 5.91 Å². The average Bonchev–Trinajstić information content (AvgIpc) is 1.12. The summed E-state index contributed by atoms with van der Waals surface area (Å²) >= 11 is 19.8. The van der Waals surface area contributed by atoms with Crippen molar-refractivity contribution in [2.45, 2.75) is 49.9 Å². The molecule has 20 nitrogen and oxygen atoms in total. The maximum Gasteiger partial charge on any atom is 0.419 e. The summed E-state index contributed by atoms with van der Waals surface area (Å²) in [6.07, 6.45) is -18.3. The highest BCUT2D eigenvalue weighted by Crippen LogP contribution is 2.41. The molecule has 4 aromatic heterocycles. The van der Waals surface area contributed by atoms with Crippen LogP contribution in [0.25, 0.3) is 22.7 Å². The van der Waals surface area contributed by atoms with Crippen LogP contribution in [0.1, 0.15) is 45.4 Å². The van der Waals surface area contributed by atoms with Crippen LogP contribution in [0.5, 0.6) is 0 Å². The van der Waals surface area contributed by atoms with E-state index in [1.165, 1.54) is 78.4 Å². The van der Waals surface area contributed by atoms with E-state index < -0.39 is 114 Å². The van der Waals surface area contributed by atoms with Gasteiger partial charge < -0.3 is 29.3 Å². The summed E-state index contributed by atoms with van der Waals surface area (Å²) in [5, 5.41) is 33.7. The number of carbonyl (C=O) groups is 1. The monoisotopic (exact) mass is 1560 g/mol. The van der Waals surface area contributed by atoms with Gasteiger partial charge in [0, 0.05) is 79.0 Å². The van der Waals surface area contributed by atoms with Crippen LogP contribution in [0.3, 0.4) is 0 Å². The maximum atomic E-state index is 13.5. The lowest BCUT2D eigenvalue weighted by Crippen LogP contribution is -2.15. The molecule has 0 saturated heterocycles. The first-order valence-corrected chi connectivity index (χ1v) is 28.3. The molecule has 0 atom stereocenters. The van der Waals surface area contributed by atoms with E-state index in [2.05, 4.69) is 41.2 Å². The number of hydrogen-bond donors (Lipinski definition) is 2. The summed E-state index contributed by atoms with van der Waals surface area (Å²) in [6.45, 7) is 0. The summed E-state index contributed by atoms with van der Waals surface area (Å²) < 4.78 is 248. The average molecular weight is 1560 g/mol. The number of hydrogen-bond acceptors (Lipinski definition) is 12. The van der Waals surface area contributed by atoms with E-state index in [9.17, 15) is 119 Å². The first kappa shape index (κ1) is 78.6. The van der Waals surface area contributed by atoms with Gasteiger partial charge in [0.25, 0.3) is 17.1 Å². The number of nitro groups is 3. The molecule has 1 amide bonds. The molecule has 0 saturated carbocycles. The van der Waals surface area contributed by atoms with Crippen molar-refractivity contribution >= 4 is 85.1 Å². The molecule has 530 valence electrons. The van der Waals surface area contributed by atoms with Crippen LogP contribution < -0.4 is 11.1 Å². The summed E-state index contributed by atoms with van der Waals surface area (Å²) in [5.74, 6) is -2.10. The number of halogens is 23. The number of non-ortho nitro benzene ring substituents is 3. The highest BCUT2D eigenvalue weighted by atomic mass is 79.9. The third kappa shape index (κ3) is 21.8. The molecule has 100 heavy (non-hydrogen) atoms. The lowest BCUT2D eigenvalue weighted by atomic mass is 10.1. The Morgan fingerprint density at radius 3 is 1.14 bits per heavy atom. The minimum absolute atomic E-state index is 0.0199.